The van der Waals surface area contributed by atoms with E-state index < -0.39 is 5.54 Å². The summed E-state index contributed by atoms with van der Waals surface area (Å²) in [5, 5.41) is 0. The fourth-order valence-corrected chi connectivity index (χ4v) is 2.46. The van der Waals surface area contributed by atoms with Crippen LogP contribution < -0.4 is 5.73 Å². The second kappa shape index (κ2) is 4.97. The van der Waals surface area contributed by atoms with Crippen molar-refractivity contribution in [3.05, 3.63) is 0 Å². The molecule has 17 heavy (non-hydrogen) atoms. The SMILES string of the molecule is CCC(C)(N)C(=O)N1CCC(C(C)(C)C)CC1. The summed E-state index contributed by atoms with van der Waals surface area (Å²) in [6.07, 6.45) is 2.91. The van der Waals surface area contributed by atoms with Crippen molar-refractivity contribution in [2.45, 2.75) is 59.4 Å². The van der Waals surface area contributed by atoms with Crippen LogP contribution in [0, 0.1) is 11.3 Å². The topological polar surface area (TPSA) is 46.3 Å². The molecular weight excluding hydrogens is 212 g/mol. The fraction of sp³-hybridized carbons (Fsp3) is 0.929. The maximum absolute atomic E-state index is 12.2. The van der Waals surface area contributed by atoms with Crippen LogP contribution in [0.5, 0.6) is 0 Å². The molecule has 0 spiro atoms. The van der Waals surface area contributed by atoms with Gasteiger partial charge in [-0.1, -0.05) is 27.7 Å². The van der Waals surface area contributed by atoms with E-state index in [9.17, 15) is 4.79 Å². The second-order valence-corrected chi connectivity index (χ2v) is 6.70. The molecule has 1 fully saturated rings. The zero-order valence-corrected chi connectivity index (χ0v) is 12.0. The Hall–Kier alpha value is -0.570. The molecule has 1 amide bonds. The standard InChI is InChI=1S/C14H28N2O/c1-6-14(5,15)12(17)16-9-7-11(8-10-16)13(2,3)4/h11H,6-10,15H2,1-5H3. The third-order valence-corrected chi connectivity index (χ3v) is 4.23. The molecule has 1 aliphatic rings. The van der Waals surface area contributed by atoms with Crippen LogP contribution in [0.4, 0.5) is 0 Å². The lowest BCUT2D eigenvalue weighted by molar-refractivity contribution is -0.138. The van der Waals surface area contributed by atoms with Gasteiger partial charge in [-0.25, -0.2) is 0 Å². The zero-order valence-electron chi connectivity index (χ0n) is 12.0. The molecule has 0 saturated carbocycles. The fourth-order valence-electron chi connectivity index (χ4n) is 2.46. The quantitative estimate of drug-likeness (QED) is 0.805. The molecular formula is C14H28N2O. The summed E-state index contributed by atoms with van der Waals surface area (Å²) in [7, 11) is 0. The molecule has 1 aliphatic heterocycles. The first-order valence-corrected chi connectivity index (χ1v) is 6.76. The number of piperidine rings is 1. The van der Waals surface area contributed by atoms with Crippen molar-refractivity contribution >= 4 is 5.91 Å². The number of carbonyl (C=O) groups excluding carboxylic acids is 1. The van der Waals surface area contributed by atoms with Crippen molar-refractivity contribution in [3.63, 3.8) is 0 Å². The number of amides is 1. The van der Waals surface area contributed by atoms with Gasteiger partial charge in [0.25, 0.3) is 0 Å². The predicted molar refractivity (Wildman–Crippen MR) is 71.6 cm³/mol. The molecule has 0 aromatic heterocycles. The normalized spacial score (nSPS) is 22.4. The van der Waals surface area contributed by atoms with Gasteiger partial charge in [0.2, 0.25) is 5.91 Å². The van der Waals surface area contributed by atoms with Crippen molar-refractivity contribution in [1.29, 1.82) is 0 Å². The van der Waals surface area contributed by atoms with Crippen molar-refractivity contribution in [2.75, 3.05) is 13.1 Å². The van der Waals surface area contributed by atoms with Gasteiger partial charge in [-0.2, -0.15) is 0 Å². The zero-order chi connectivity index (χ0) is 13.3. The van der Waals surface area contributed by atoms with Crippen molar-refractivity contribution in [2.24, 2.45) is 17.1 Å². The Bertz CT molecular complexity index is 270. The lowest BCUT2D eigenvalue weighted by Gasteiger charge is -2.41. The first kappa shape index (κ1) is 14.5. The molecule has 100 valence electrons. The van der Waals surface area contributed by atoms with E-state index in [1.807, 2.05) is 18.7 Å². The number of carbonyl (C=O) groups is 1. The molecule has 1 rings (SSSR count). The minimum absolute atomic E-state index is 0.118. The van der Waals surface area contributed by atoms with Crippen LogP contribution in [0.1, 0.15) is 53.9 Å². The van der Waals surface area contributed by atoms with Crippen molar-refractivity contribution in [3.8, 4) is 0 Å². The van der Waals surface area contributed by atoms with Crippen molar-refractivity contribution < 1.29 is 4.79 Å². The number of nitrogens with zero attached hydrogens (tertiary/aromatic N) is 1. The Morgan fingerprint density at radius 2 is 1.71 bits per heavy atom. The van der Waals surface area contributed by atoms with Crippen LogP contribution in [0.25, 0.3) is 0 Å². The van der Waals surface area contributed by atoms with Gasteiger partial charge in [0, 0.05) is 13.1 Å². The van der Waals surface area contributed by atoms with Crippen LogP contribution in [-0.2, 0) is 4.79 Å². The first-order valence-electron chi connectivity index (χ1n) is 6.76. The molecule has 0 radical (unpaired) electrons. The highest BCUT2D eigenvalue weighted by Crippen LogP contribution is 2.34. The number of hydrogen-bond acceptors (Lipinski definition) is 2. The average molecular weight is 240 g/mol. The van der Waals surface area contributed by atoms with E-state index in [2.05, 4.69) is 20.8 Å². The van der Waals surface area contributed by atoms with Gasteiger partial charge in [-0.15, -0.1) is 0 Å². The molecule has 0 aliphatic carbocycles. The maximum Gasteiger partial charge on any atom is 0.242 e. The smallest absolute Gasteiger partial charge is 0.242 e. The summed E-state index contributed by atoms with van der Waals surface area (Å²) in [5.41, 5.74) is 5.69. The van der Waals surface area contributed by atoms with Crippen LogP contribution in [0.15, 0.2) is 0 Å². The molecule has 1 saturated heterocycles. The summed E-state index contributed by atoms with van der Waals surface area (Å²) in [4.78, 5) is 14.2. The van der Waals surface area contributed by atoms with Gasteiger partial charge in [0.15, 0.2) is 0 Å². The third-order valence-electron chi connectivity index (χ3n) is 4.23. The highest BCUT2D eigenvalue weighted by atomic mass is 16.2. The van der Waals surface area contributed by atoms with Crippen LogP contribution in [0.3, 0.4) is 0 Å². The molecule has 2 N–H and O–H groups in total. The number of rotatable bonds is 2. The van der Waals surface area contributed by atoms with Crippen LogP contribution in [-0.4, -0.2) is 29.4 Å². The predicted octanol–water partition coefficient (Wildman–Crippen LogP) is 2.40. The molecule has 0 bridgehead atoms. The minimum atomic E-state index is -0.686. The summed E-state index contributed by atoms with van der Waals surface area (Å²) < 4.78 is 0. The Morgan fingerprint density at radius 1 is 1.24 bits per heavy atom. The van der Waals surface area contributed by atoms with E-state index in [1.165, 1.54) is 0 Å². The summed E-state index contributed by atoms with van der Waals surface area (Å²) in [6.45, 7) is 12.4. The molecule has 1 unspecified atom stereocenters. The highest BCUT2D eigenvalue weighted by Gasteiger charge is 2.35. The lowest BCUT2D eigenvalue weighted by Crippen LogP contribution is -2.55. The van der Waals surface area contributed by atoms with E-state index in [1.54, 1.807) is 0 Å². The summed E-state index contributed by atoms with van der Waals surface area (Å²) >= 11 is 0. The largest absolute Gasteiger partial charge is 0.341 e. The van der Waals surface area contributed by atoms with E-state index in [4.69, 9.17) is 5.73 Å². The first-order chi connectivity index (χ1) is 7.68. The molecule has 1 heterocycles. The maximum atomic E-state index is 12.2. The number of hydrogen-bond donors (Lipinski definition) is 1. The molecule has 1 atom stereocenters. The van der Waals surface area contributed by atoms with E-state index in [0.29, 0.717) is 11.8 Å². The van der Waals surface area contributed by atoms with Gasteiger partial charge in [0.05, 0.1) is 5.54 Å². The van der Waals surface area contributed by atoms with Crippen LogP contribution in [0.2, 0.25) is 0 Å². The Morgan fingerprint density at radius 3 is 2.06 bits per heavy atom. The summed E-state index contributed by atoms with van der Waals surface area (Å²) in [5.74, 6) is 0.838. The Kier molecular flexibility index (Phi) is 4.23. The van der Waals surface area contributed by atoms with Gasteiger partial charge < -0.3 is 10.6 Å². The minimum Gasteiger partial charge on any atom is -0.341 e. The van der Waals surface area contributed by atoms with Crippen LogP contribution >= 0.6 is 0 Å². The molecule has 3 nitrogen and oxygen atoms in total. The van der Waals surface area contributed by atoms with E-state index >= 15 is 0 Å². The van der Waals surface area contributed by atoms with Gasteiger partial charge in [0.1, 0.15) is 0 Å². The third kappa shape index (κ3) is 3.44. The van der Waals surface area contributed by atoms with Gasteiger partial charge in [-0.05, 0) is 37.5 Å². The Balaban J connectivity index is 2.56. The molecule has 3 heteroatoms. The highest BCUT2D eigenvalue weighted by molar-refractivity contribution is 5.85. The molecule has 0 aromatic rings. The van der Waals surface area contributed by atoms with Gasteiger partial charge >= 0.3 is 0 Å². The van der Waals surface area contributed by atoms with E-state index in [-0.39, 0.29) is 5.91 Å². The number of likely N-dealkylation sites (tertiary alicyclic amines) is 1. The average Bonchev–Trinajstić information content (AvgIpc) is 2.27. The van der Waals surface area contributed by atoms with E-state index in [0.717, 1.165) is 31.8 Å². The summed E-state index contributed by atoms with van der Waals surface area (Å²) in [6, 6.07) is 0. The molecule has 0 aromatic carbocycles. The van der Waals surface area contributed by atoms with Crippen molar-refractivity contribution in [1.82, 2.24) is 4.90 Å². The monoisotopic (exact) mass is 240 g/mol. The lowest BCUT2D eigenvalue weighted by atomic mass is 9.75. The number of nitrogens with two attached hydrogens (primary N) is 1. The second-order valence-electron chi connectivity index (χ2n) is 6.70. The Labute approximate surface area is 106 Å². The van der Waals surface area contributed by atoms with Gasteiger partial charge in [-0.3, -0.25) is 4.79 Å².